The number of rotatable bonds is 2. The van der Waals surface area contributed by atoms with Crippen LogP contribution in [0.2, 0.25) is 0 Å². The Morgan fingerprint density at radius 2 is 1.87 bits per heavy atom. The first-order valence-electron chi connectivity index (χ1n) is 9.31. The second-order valence-electron chi connectivity index (χ2n) is 9.29. The van der Waals surface area contributed by atoms with E-state index in [-0.39, 0.29) is 11.3 Å². The molecule has 0 unspecified atom stereocenters. The van der Waals surface area contributed by atoms with Crippen LogP contribution >= 0.6 is 0 Å². The summed E-state index contributed by atoms with van der Waals surface area (Å²) in [6, 6.07) is 0.349. The second kappa shape index (κ2) is 4.20. The second-order valence-corrected chi connectivity index (χ2v) is 9.29. The van der Waals surface area contributed by atoms with Gasteiger partial charge in [-0.15, -0.1) is 0 Å². The fourth-order valence-corrected chi connectivity index (χ4v) is 6.50. The third-order valence-electron chi connectivity index (χ3n) is 8.49. The Morgan fingerprint density at radius 1 is 1.13 bits per heavy atom. The van der Waals surface area contributed by atoms with Crippen LogP contribution in [0.15, 0.2) is 36.0 Å². The van der Waals surface area contributed by atoms with Crippen LogP contribution in [-0.2, 0) is 4.79 Å². The van der Waals surface area contributed by atoms with E-state index in [0.717, 1.165) is 11.5 Å². The maximum atomic E-state index is 13.0. The Labute approximate surface area is 139 Å². The third-order valence-corrected chi connectivity index (χ3v) is 8.49. The zero-order valence-electron chi connectivity index (χ0n) is 14.4. The summed E-state index contributed by atoms with van der Waals surface area (Å²) in [6.45, 7) is 7.22. The largest absolute Gasteiger partial charge is 0.349 e. The van der Waals surface area contributed by atoms with Crippen LogP contribution in [0.5, 0.6) is 0 Å². The lowest BCUT2D eigenvalue weighted by Crippen LogP contribution is -2.47. The fraction of sp³-hybridized carbons (Fsp3) is 0.667. The van der Waals surface area contributed by atoms with Crippen molar-refractivity contribution in [2.75, 3.05) is 0 Å². The molecule has 0 aromatic carbocycles. The van der Waals surface area contributed by atoms with E-state index in [4.69, 9.17) is 0 Å². The number of carbonyl (C=O) groups is 1. The van der Waals surface area contributed by atoms with E-state index >= 15 is 0 Å². The minimum atomic E-state index is 0.206. The molecule has 23 heavy (non-hydrogen) atoms. The van der Waals surface area contributed by atoms with E-state index in [0.29, 0.717) is 35.1 Å². The van der Waals surface area contributed by atoms with Crippen molar-refractivity contribution in [3.63, 3.8) is 0 Å². The van der Waals surface area contributed by atoms with Gasteiger partial charge in [0.2, 0.25) is 5.91 Å². The number of carbonyl (C=O) groups excluding carboxylic acids is 1. The molecule has 122 valence electrons. The molecule has 5 aliphatic carbocycles. The summed E-state index contributed by atoms with van der Waals surface area (Å²) < 4.78 is 0. The van der Waals surface area contributed by atoms with Gasteiger partial charge in [0.15, 0.2) is 0 Å². The molecule has 0 aliphatic heterocycles. The Balaban J connectivity index is 1.38. The Morgan fingerprint density at radius 3 is 2.57 bits per heavy atom. The highest BCUT2D eigenvalue weighted by atomic mass is 16.1. The highest BCUT2D eigenvalue weighted by molar-refractivity contribution is 5.95. The molecule has 2 fully saturated rings. The van der Waals surface area contributed by atoms with Gasteiger partial charge in [-0.05, 0) is 47.8 Å². The monoisotopic (exact) mass is 309 g/mol. The van der Waals surface area contributed by atoms with Gasteiger partial charge in [0.25, 0.3) is 0 Å². The lowest BCUT2D eigenvalue weighted by Gasteiger charge is -2.39. The average Bonchev–Trinajstić information content (AvgIpc) is 3.23. The minimum absolute atomic E-state index is 0.206. The molecular formula is C21H27NO. The molecule has 0 saturated heterocycles. The number of nitrogens with one attached hydrogen (secondary N) is 1. The zero-order valence-corrected chi connectivity index (χ0v) is 14.4. The predicted molar refractivity (Wildman–Crippen MR) is 91.5 cm³/mol. The molecule has 2 saturated carbocycles. The number of allylic oxidation sites excluding steroid dienone is 5. The first-order chi connectivity index (χ1) is 10.9. The van der Waals surface area contributed by atoms with E-state index in [1.807, 2.05) is 0 Å². The van der Waals surface area contributed by atoms with Crippen molar-refractivity contribution < 1.29 is 4.79 Å². The Hall–Kier alpha value is -1.31. The molecule has 0 aromatic heterocycles. The SMILES string of the molecule is CC1(C)[C@@H]2CC[C@@]1(C)[C@H](NC(=O)C1=C[C@@H]3C=C[C@H]4C=C[C@H]1[C@@H]43)C2. The van der Waals surface area contributed by atoms with Crippen molar-refractivity contribution in [1.29, 1.82) is 0 Å². The normalized spacial score (nSPS) is 50.5. The summed E-state index contributed by atoms with van der Waals surface area (Å²) >= 11 is 0. The molecule has 2 heteroatoms. The maximum absolute atomic E-state index is 13.0. The van der Waals surface area contributed by atoms with Gasteiger partial charge in [0.05, 0.1) is 0 Å². The van der Waals surface area contributed by atoms with Gasteiger partial charge in [0.1, 0.15) is 0 Å². The van der Waals surface area contributed by atoms with Crippen molar-refractivity contribution in [3.05, 3.63) is 36.0 Å². The van der Waals surface area contributed by atoms with Crippen molar-refractivity contribution >= 4 is 5.91 Å². The van der Waals surface area contributed by atoms with Crippen LogP contribution in [0.4, 0.5) is 0 Å². The molecule has 1 amide bonds. The number of amides is 1. The van der Waals surface area contributed by atoms with Gasteiger partial charge in [-0.1, -0.05) is 51.2 Å². The molecule has 0 spiro atoms. The molecule has 5 rings (SSSR count). The molecule has 1 N–H and O–H groups in total. The van der Waals surface area contributed by atoms with Crippen LogP contribution in [0.1, 0.15) is 40.0 Å². The van der Waals surface area contributed by atoms with E-state index in [1.165, 1.54) is 19.3 Å². The molecule has 2 nitrogen and oxygen atoms in total. The van der Waals surface area contributed by atoms with E-state index in [9.17, 15) is 4.79 Å². The highest BCUT2D eigenvalue weighted by Gasteiger charge is 2.61. The summed E-state index contributed by atoms with van der Waals surface area (Å²) in [4.78, 5) is 13.0. The number of fused-ring (bicyclic) bond motifs is 2. The summed E-state index contributed by atoms with van der Waals surface area (Å²) in [5.74, 6) is 2.96. The van der Waals surface area contributed by atoms with E-state index in [2.05, 4.69) is 56.5 Å². The van der Waals surface area contributed by atoms with Crippen molar-refractivity contribution in [2.45, 2.75) is 46.1 Å². The third kappa shape index (κ3) is 1.58. The van der Waals surface area contributed by atoms with Gasteiger partial charge >= 0.3 is 0 Å². The van der Waals surface area contributed by atoms with Crippen LogP contribution in [0, 0.1) is 40.4 Å². The number of hydrogen-bond acceptors (Lipinski definition) is 1. The van der Waals surface area contributed by atoms with E-state index < -0.39 is 0 Å². The van der Waals surface area contributed by atoms with Crippen molar-refractivity contribution in [1.82, 2.24) is 5.32 Å². The van der Waals surface area contributed by atoms with Crippen molar-refractivity contribution in [3.8, 4) is 0 Å². The molecule has 0 heterocycles. The van der Waals surface area contributed by atoms with Gasteiger partial charge in [0, 0.05) is 23.5 Å². The smallest absolute Gasteiger partial charge is 0.247 e. The van der Waals surface area contributed by atoms with Gasteiger partial charge in [-0.2, -0.15) is 0 Å². The summed E-state index contributed by atoms with van der Waals surface area (Å²) in [5, 5.41) is 3.46. The van der Waals surface area contributed by atoms with Crippen LogP contribution < -0.4 is 5.32 Å². The standard InChI is InChI=1S/C21H27NO/c1-20(2)14-8-9-21(20,3)17(11-14)22-19(23)16-10-13-5-4-12-6-7-15(16)18(12)13/h4-7,10,12-15,17-18H,8-9,11H2,1-3H3,(H,22,23)/t12-,13-,14+,15+,17+,18-,21-/m0/s1. The first-order valence-corrected chi connectivity index (χ1v) is 9.31. The fourth-order valence-electron chi connectivity index (χ4n) is 6.50. The predicted octanol–water partition coefficient (Wildman–Crippen LogP) is 3.86. The van der Waals surface area contributed by atoms with Crippen molar-refractivity contribution in [2.24, 2.45) is 40.4 Å². The van der Waals surface area contributed by atoms with Crippen LogP contribution in [-0.4, -0.2) is 11.9 Å². The molecule has 7 atom stereocenters. The summed E-state index contributed by atoms with van der Waals surface area (Å²) in [7, 11) is 0. The Kier molecular flexibility index (Phi) is 2.57. The molecule has 0 aromatic rings. The van der Waals surface area contributed by atoms with Gasteiger partial charge in [-0.25, -0.2) is 0 Å². The molecular weight excluding hydrogens is 282 g/mol. The number of hydrogen-bond donors (Lipinski definition) is 1. The topological polar surface area (TPSA) is 29.1 Å². The Bertz CT molecular complexity index is 669. The van der Waals surface area contributed by atoms with E-state index in [1.54, 1.807) is 0 Å². The van der Waals surface area contributed by atoms with Crippen LogP contribution in [0.25, 0.3) is 0 Å². The van der Waals surface area contributed by atoms with Gasteiger partial charge in [-0.3, -0.25) is 4.79 Å². The lowest BCUT2D eigenvalue weighted by molar-refractivity contribution is -0.119. The highest BCUT2D eigenvalue weighted by Crippen LogP contribution is 2.65. The minimum Gasteiger partial charge on any atom is -0.349 e. The molecule has 5 aliphatic rings. The maximum Gasteiger partial charge on any atom is 0.247 e. The summed E-state index contributed by atoms with van der Waals surface area (Å²) in [6.07, 6.45) is 15.2. The molecule has 2 bridgehead atoms. The quantitative estimate of drug-likeness (QED) is 0.771. The van der Waals surface area contributed by atoms with Gasteiger partial charge < -0.3 is 5.32 Å². The molecule has 0 radical (unpaired) electrons. The summed E-state index contributed by atoms with van der Waals surface area (Å²) in [5.41, 5.74) is 1.65. The lowest BCUT2D eigenvalue weighted by atomic mass is 9.69. The zero-order chi connectivity index (χ0) is 16.0. The first kappa shape index (κ1) is 14.1. The average molecular weight is 309 g/mol. The van der Waals surface area contributed by atoms with Crippen LogP contribution in [0.3, 0.4) is 0 Å².